The third-order valence-electron chi connectivity index (χ3n) is 2.36. The van der Waals surface area contributed by atoms with Crippen LogP contribution in [0, 0.1) is 20.8 Å². The van der Waals surface area contributed by atoms with E-state index in [0.717, 1.165) is 16.9 Å². The lowest BCUT2D eigenvalue weighted by Gasteiger charge is -2.10. The highest BCUT2D eigenvalue weighted by atomic mass is 16.6. The van der Waals surface area contributed by atoms with Crippen molar-refractivity contribution in [3.8, 4) is 5.75 Å². The maximum atomic E-state index is 10.9. The molecule has 3 heteroatoms. The minimum Gasteiger partial charge on any atom is -0.482 e. The average molecular weight is 208 g/mol. The first-order valence-corrected chi connectivity index (χ1v) is 4.82. The van der Waals surface area contributed by atoms with Crippen molar-refractivity contribution in [3.05, 3.63) is 28.8 Å². The van der Waals surface area contributed by atoms with Gasteiger partial charge in [-0.25, -0.2) is 4.79 Å². The molecule has 0 saturated carbocycles. The molecule has 0 aliphatic carbocycles. The Kier molecular flexibility index (Phi) is 3.72. The number of aryl methyl sites for hydroxylation is 3. The number of rotatable bonds is 3. The largest absolute Gasteiger partial charge is 0.482 e. The van der Waals surface area contributed by atoms with Crippen molar-refractivity contribution in [3.63, 3.8) is 0 Å². The Morgan fingerprint density at radius 3 is 2.33 bits per heavy atom. The Hall–Kier alpha value is -1.51. The topological polar surface area (TPSA) is 35.5 Å². The Morgan fingerprint density at radius 1 is 1.13 bits per heavy atom. The van der Waals surface area contributed by atoms with Crippen LogP contribution in [0.3, 0.4) is 0 Å². The van der Waals surface area contributed by atoms with E-state index in [1.54, 1.807) is 0 Å². The second kappa shape index (κ2) is 4.82. The van der Waals surface area contributed by atoms with Gasteiger partial charge in [0.25, 0.3) is 0 Å². The maximum Gasteiger partial charge on any atom is 0.343 e. The number of carbonyl (C=O) groups is 1. The molecule has 0 N–H and O–H groups in total. The fourth-order valence-corrected chi connectivity index (χ4v) is 1.29. The standard InChI is InChI=1S/C12H16O3/c1-8-5-10(3)11(6-9(8)2)15-7-12(13)14-4/h5-6H,7H2,1-4H3. The van der Waals surface area contributed by atoms with E-state index in [9.17, 15) is 4.79 Å². The normalized spacial score (nSPS) is 9.87. The molecule has 0 unspecified atom stereocenters. The smallest absolute Gasteiger partial charge is 0.343 e. The van der Waals surface area contributed by atoms with Gasteiger partial charge in [0.2, 0.25) is 0 Å². The second-order valence-corrected chi connectivity index (χ2v) is 3.57. The van der Waals surface area contributed by atoms with E-state index >= 15 is 0 Å². The molecule has 0 amide bonds. The van der Waals surface area contributed by atoms with Crippen LogP contribution in [0.4, 0.5) is 0 Å². The molecule has 1 rings (SSSR count). The summed E-state index contributed by atoms with van der Waals surface area (Å²) < 4.78 is 9.85. The van der Waals surface area contributed by atoms with Crippen molar-refractivity contribution >= 4 is 5.97 Å². The fourth-order valence-electron chi connectivity index (χ4n) is 1.29. The molecule has 0 saturated heterocycles. The molecule has 1 aromatic carbocycles. The molecule has 0 radical (unpaired) electrons. The van der Waals surface area contributed by atoms with Crippen LogP contribution in [-0.4, -0.2) is 19.7 Å². The van der Waals surface area contributed by atoms with Crippen molar-refractivity contribution < 1.29 is 14.3 Å². The molecule has 82 valence electrons. The lowest BCUT2D eigenvalue weighted by Crippen LogP contribution is -2.13. The molecule has 3 nitrogen and oxygen atoms in total. The molecular formula is C12H16O3. The monoisotopic (exact) mass is 208 g/mol. The van der Waals surface area contributed by atoms with Crippen LogP contribution in [0.2, 0.25) is 0 Å². The SMILES string of the molecule is COC(=O)COc1cc(C)c(C)cc1C. The lowest BCUT2D eigenvalue weighted by atomic mass is 10.1. The number of hydrogen-bond donors (Lipinski definition) is 0. The Balaban J connectivity index is 2.77. The number of methoxy groups -OCH3 is 1. The van der Waals surface area contributed by atoms with Crippen LogP contribution >= 0.6 is 0 Å². The second-order valence-electron chi connectivity index (χ2n) is 3.57. The summed E-state index contributed by atoms with van der Waals surface area (Å²) in [5, 5.41) is 0. The lowest BCUT2D eigenvalue weighted by molar-refractivity contribution is -0.142. The van der Waals surface area contributed by atoms with Crippen molar-refractivity contribution in [2.75, 3.05) is 13.7 Å². The molecule has 0 spiro atoms. The Labute approximate surface area is 90.0 Å². The number of hydrogen-bond acceptors (Lipinski definition) is 3. The van der Waals surface area contributed by atoms with E-state index in [2.05, 4.69) is 4.74 Å². The van der Waals surface area contributed by atoms with Gasteiger partial charge in [-0.05, 0) is 43.5 Å². The van der Waals surface area contributed by atoms with Gasteiger partial charge in [-0.1, -0.05) is 6.07 Å². The third kappa shape index (κ3) is 2.98. The summed E-state index contributed by atoms with van der Waals surface area (Å²) in [6.45, 7) is 5.98. The van der Waals surface area contributed by atoms with Gasteiger partial charge in [0.1, 0.15) is 5.75 Å². The first-order valence-electron chi connectivity index (χ1n) is 4.82. The van der Waals surface area contributed by atoms with E-state index in [1.807, 2.05) is 32.9 Å². The average Bonchev–Trinajstić information content (AvgIpc) is 2.21. The summed E-state index contributed by atoms with van der Waals surface area (Å²) in [4.78, 5) is 10.9. The molecule has 0 fully saturated rings. The zero-order valence-corrected chi connectivity index (χ0v) is 9.59. The summed E-state index contributed by atoms with van der Waals surface area (Å²) in [6.07, 6.45) is 0. The van der Waals surface area contributed by atoms with E-state index in [0.29, 0.717) is 0 Å². The highest BCUT2D eigenvalue weighted by Gasteiger charge is 2.06. The summed E-state index contributed by atoms with van der Waals surface area (Å²) in [7, 11) is 1.35. The van der Waals surface area contributed by atoms with Gasteiger partial charge in [-0.2, -0.15) is 0 Å². The van der Waals surface area contributed by atoms with Gasteiger partial charge >= 0.3 is 5.97 Å². The maximum absolute atomic E-state index is 10.9. The van der Waals surface area contributed by atoms with Crippen molar-refractivity contribution in [1.82, 2.24) is 0 Å². The van der Waals surface area contributed by atoms with Gasteiger partial charge in [0.15, 0.2) is 6.61 Å². The number of carbonyl (C=O) groups excluding carboxylic acids is 1. The van der Waals surface area contributed by atoms with Crippen LogP contribution in [0.1, 0.15) is 16.7 Å². The summed E-state index contributed by atoms with van der Waals surface area (Å²) in [5.74, 6) is 0.371. The number of benzene rings is 1. The predicted octanol–water partition coefficient (Wildman–Crippen LogP) is 2.16. The fraction of sp³-hybridized carbons (Fsp3) is 0.417. The van der Waals surface area contributed by atoms with E-state index < -0.39 is 0 Å². The summed E-state index contributed by atoms with van der Waals surface area (Å²) in [6, 6.07) is 3.98. The highest BCUT2D eigenvalue weighted by molar-refractivity contribution is 5.70. The van der Waals surface area contributed by atoms with Gasteiger partial charge in [-0.15, -0.1) is 0 Å². The molecule has 0 bridgehead atoms. The highest BCUT2D eigenvalue weighted by Crippen LogP contribution is 2.22. The van der Waals surface area contributed by atoms with Crippen LogP contribution in [0.5, 0.6) is 5.75 Å². The van der Waals surface area contributed by atoms with Crippen molar-refractivity contribution in [2.45, 2.75) is 20.8 Å². The molecule has 0 atom stereocenters. The quantitative estimate of drug-likeness (QED) is 0.714. The van der Waals surface area contributed by atoms with E-state index in [4.69, 9.17) is 4.74 Å². The van der Waals surface area contributed by atoms with Crippen molar-refractivity contribution in [2.24, 2.45) is 0 Å². The molecular weight excluding hydrogens is 192 g/mol. The van der Waals surface area contributed by atoms with Gasteiger partial charge < -0.3 is 9.47 Å². The first kappa shape index (κ1) is 11.6. The van der Waals surface area contributed by atoms with Gasteiger partial charge in [-0.3, -0.25) is 0 Å². The molecule has 0 aliphatic heterocycles. The minimum atomic E-state index is -0.368. The first-order chi connectivity index (χ1) is 7.04. The molecule has 15 heavy (non-hydrogen) atoms. The molecule has 0 aliphatic rings. The summed E-state index contributed by atoms with van der Waals surface area (Å²) >= 11 is 0. The molecule has 0 aromatic heterocycles. The third-order valence-corrected chi connectivity index (χ3v) is 2.36. The summed E-state index contributed by atoms with van der Waals surface area (Å²) in [5.41, 5.74) is 3.40. The van der Waals surface area contributed by atoms with Crippen LogP contribution in [-0.2, 0) is 9.53 Å². The minimum absolute atomic E-state index is 0.0418. The van der Waals surface area contributed by atoms with Crippen LogP contribution < -0.4 is 4.74 Å². The molecule has 0 heterocycles. The van der Waals surface area contributed by atoms with Crippen molar-refractivity contribution in [1.29, 1.82) is 0 Å². The van der Waals surface area contributed by atoms with Crippen LogP contribution in [0.15, 0.2) is 12.1 Å². The predicted molar refractivity (Wildman–Crippen MR) is 58.2 cm³/mol. The van der Waals surface area contributed by atoms with Gasteiger partial charge in [0, 0.05) is 0 Å². The zero-order chi connectivity index (χ0) is 11.4. The molecule has 1 aromatic rings. The Morgan fingerprint density at radius 2 is 1.73 bits per heavy atom. The number of esters is 1. The Bertz CT molecular complexity index is 369. The number of ether oxygens (including phenoxy) is 2. The van der Waals surface area contributed by atoms with E-state index in [-0.39, 0.29) is 12.6 Å². The van der Waals surface area contributed by atoms with Crippen LogP contribution in [0.25, 0.3) is 0 Å². The van der Waals surface area contributed by atoms with Gasteiger partial charge in [0.05, 0.1) is 7.11 Å². The zero-order valence-electron chi connectivity index (χ0n) is 9.59. The van der Waals surface area contributed by atoms with E-state index in [1.165, 1.54) is 12.7 Å².